The van der Waals surface area contributed by atoms with Gasteiger partial charge in [-0.3, -0.25) is 4.79 Å². The summed E-state index contributed by atoms with van der Waals surface area (Å²) in [6.45, 7) is 1.99. The molecular weight excluding hydrogens is 342 g/mol. The van der Waals surface area contributed by atoms with Crippen LogP contribution in [0, 0.1) is 6.92 Å². The van der Waals surface area contributed by atoms with E-state index < -0.39 is 0 Å². The van der Waals surface area contributed by atoms with Crippen molar-refractivity contribution in [1.82, 2.24) is 4.98 Å². The summed E-state index contributed by atoms with van der Waals surface area (Å²) in [4.78, 5) is 17.2. The largest absolute Gasteiger partial charge is 0.354 e. The van der Waals surface area contributed by atoms with Gasteiger partial charge in [0, 0.05) is 27.9 Å². The summed E-state index contributed by atoms with van der Waals surface area (Å²) in [6.07, 6.45) is 4.00. The molecule has 0 spiro atoms. The van der Waals surface area contributed by atoms with Crippen LogP contribution in [0.4, 0.5) is 11.4 Å². The number of rotatable bonds is 1. The average molecular weight is 357 g/mol. The molecular formula is C21H15N3OS. The summed E-state index contributed by atoms with van der Waals surface area (Å²) in [7, 11) is 0. The number of hydrogen-bond donors (Lipinski definition) is 2. The van der Waals surface area contributed by atoms with Gasteiger partial charge >= 0.3 is 0 Å². The Balaban J connectivity index is 1.64. The predicted molar refractivity (Wildman–Crippen MR) is 107 cm³/mol. The zero-order valence-corrected chi connectivity index (χ0v) is 14.9. The van der Waals surface area contributed by atoms with E-state index in [0.717, 1.165) is 44.5 Å². The fourth-order valence-corrected chi connectivity index (χ4v) is 3.97. The molecule has 1 aromatic heterocycles. The lowest BCUT2D eigenvalue weighted by Crippen LogP contribution is -2.11. The molecule has 0 atom stereocenters. The average Bonchev–Trinajstić information content (AvgIpc) is 3.23. The Morgan fingerprint density at radius 3 is 2.73 bits per heavy atom. The van der Waals surface area contributed by atoms with Crippen LogP contribution in [0.5, 0.6) is 0 Å². The second-order valence-corrected chi connectivity index (χ2v) is 7.36. The predicted octanol–water partition coefficient (Wildman–Crippen LogP) is 4.92. The number of anilines is 2. The van der Waals surface area contributed by atoms with Crippen molar-refractivity contribution < 1.29 is 4.79 Å². The Kier molecular flexibility index (Phi) is 3.30. The molecule has 0 fully saturated rings. The molecule has 0 bridgehead atoms. The number of amides is 1. The first-order chi connectivity index (χ1) is 12.7. The van der Waals surface area contributed by atoms with Gasteiger partial charge in [-0.1, -0.05) is 30.3 Å². The monoisotopic (exact) mass is 357 g/mol. The SMILES string of the molecule is Cc1nc(-c2ccc3c(c2)C(=C2C=Cc4ccccc4N2)C(=O)N3)cs1. The molecule has 2 aliphatic heterocycles. The first-order valence-electron chi connectivity index (χ1n) is 8.36. The van der Waals surface area contributed by atoms with Crippen LogP contribution in [0.25, 0.3) is 22.9 Å². The molecule has 0 aliphatic carbocycles. The lowest BCUT2D eigenvalue weighted by molar-refractivity contribution is -0.110. The van der Waals surface area contributed by atoms with Crippen molar-refractivity contribution in [3.63, 3.8) is 0 Å². The number of hydrogen-bond acceptors (Lipinski definition) is 4. The Hall–Kier alpha value is -3.18. The maximum absolute atomic E-state index is 12.6. The molecule has 0 saturated heterocycles. The number of benzene rings is 2. The van der Waals surface area contributed by atoms with Gasteiger partial charge < -0.3 is 10.6 Å². The van der Waals surface area contributed by atoms with Crippen LogP contribution in [-0.4, -0.2) is 10.9 Å². The summed E-state index contributed by atoms with van der Waals surface area (Å²) in [5, 5.41) is 9.43. The van der Waals surface area contributed by atoms with Gasteiger partial charge in [-0.15, -0.1) is 11.3 Å². The molecule has 0 saturated carbocycles. The molecule has 0 radical (unpaired) electrons. The summed E-state index contributed by atoms with van der Waals surface area (Å²) >= 11 is 1.63. The molecule has 2 N–H and O–H groups in total. The van der Waals surface area contributed by atoms with Crippen molar-refractivity contribution in [2.24, 2.45) is 0 Å². The maximum Gasteiger partial charge on any atom is 0.258 e. The number of nitrogens with one attached hydrogen (secondary N) is 2. The van der Waals surface area contributed by atoms with Crippen LogP contribution in [0.15, 0.2) is 59.6 Å². The third-order valence-corrected chi connectivity index (χ3v) is 5.38. The van der Waals surface area contributed by atoms with Crippen molar-refractivity contribution in [2.75, 3.05) is 10.6 Å². The number of thiazole rings is 1. The first kappa shape index (κ1) is 15.1. The number of carbonyl (C=O) groups excluding carboxylic acids is 1. The van der Waals surface area contributed by atoms with Crippen molar-refractivity contribution in [1.29, 1.82) is 0 Å². The fraction of sp³-hybridized carbons (Fsp3) is 0.0476. The molecule has 5 heteroatoms. The molecule has 5 rings (SSSR count). The third-order valence-electron chi connectivity index (χ3n) is 4.61. The minimum atomic E-state index is -0.0851. The van der Waals surface area contributed by atoms with E-state index >= 15 is 0 Å². The van der Waals surface area contributed by atoms with Crippen LogP contribution in [-0.2, 0) is 4.79 Å². The highest BCUT2D eigenvalue weighted by Gasteiger charge is 2.28. The number of carbonyl (C=O) groups is 1. The quantitative estimate of drug-likeness (QED) is 0.608. The highest BCUT2D eigenvalue weighted by molar-refractivity contribution is 7.09. The molecule has 3 aromatic rings. The Labute approximate surface area is 154 Å². The Bertz CT molecular complexity index is 1120. The van der Waals surface area contributed by atoms with Crippen LogP contribution in [0.1, 0.15) is 16.1 Å². The third kappa shape index (κ3) is 2.36. The molecule has 26 heavy (non-hydrogen) atoms. The number of fused-ring (bicyclic) bond motifs is 2. The van der Waals surface area contributed by atoms with Crippen molar-refractivity contribution in [2.45, 2.75) is 6.92 Å². The van der Waals surface area contributed by atoms with Crippen molar-refractivity contribution >= 4 is 40.3 Å². The van der Waals surface area contributed by atoms with E-state index in [9.17, 15) is 4.79 Å². The van der Waals surface area contributed by atoms with Gasteiger partial charge in [0.25, 0.3) is 5.91 Å². The number of aryl methyl sites for hydroxylation is 1. The summed E-state index contributed by atoms with van der Waals surface area (Å²) in [6, 6.07) is 14.0. The zero-order valence-electron chi connectivity index (χ0n) is 14.0. The van der Waals surface area contributed by atoms with Gasteiger partial charge in [0.1, 0.15) is 0 Å². The lowest BCUT2D eigenvalue weighted by Gasteiger charge is -2.17. The van der Waals surface area contributed by atoms with E-state index in [4.69, 9.17) is 0 Å². The van der Waals surface area contributed by atoms with Crippen LogP contribution in [0.2, 0.25) is 0 Å². The van der Waals surface area contributed by atoms with E-state index in [-0.39, 0.29) is 5.91 Å². The summed E-state index contributed by atoms with van der Waals surface area (Å²) in [5.41, 5.74) is 7.30. The summed E-state index contributed by atoms with van der Waals surface area (Å²) in [5.74, 6) is -0.0851. The maximum atomic E-state index is 12.6. The van der Waals surface area contributed by atoms with E-state index in [1.165, 1.54) is 0 Å². The van der Waals surface area contributed by atoms with Gasteiger partial charge in [0.05, 0.1) is 22.0 Å². The van der Waals surface area contributed by atoms with E-state index in [1.807, 2.05) is 66.9 Å². The van der Waals surface area contributed by atoms with Gasteiger partial charge in [-0.25, -0.2) is 4.98 Å². The number of aromatic nitrogens is 1. The normalized spacial score (nSPS) is 17.5. The second-order valence-electron chi connectivity index (χ2n) is 6.30. The molecule has 4 nitrogen and oxygen atoms in total. The van der Waals surface area contributed by atoms with Gasteiger partial charge in [0.15, 0.2) is 0 Å². The van der Waals surface area contributed by atoms with Crippen LogP contribution < -0.4 is 10.6 Å². The molecule has 126 valence electrons. The molecule has 1 amide bonds. The smallest absolute Gasteiger partial charge is 0.258 e. The Morgan fingerprint density at radius 2 is 1.88 bits per heavy atom. The van der Waals surface area contributed by atoms with Crippen LogP contribution >= 0.6 is 11.3 Å². The first-order valence-corrected chi connectivity index (χ1v) is 9.24. The minimum absolute atomic E-state index is 0.0851. The second kappa shape index (κ2) is 5.68. The highest BCUT2D eigenvalue weighted by atomic mass is 32.1. The molecule has 0 unspecified atom stereocenters. The Morgan fingerprint density at radius 1 is 1.00 bits per heavy atom. The van der Waals surface area contributed by atoms with Crippen molar-refractivity contribution in [3.05, 3.63) is 75.8 Å². The van der Waals surface area contributed by atoms with Gasteiger partial charge in [-0.2, -0.15) is 0 Å². The fourth-order valence-electron chi connectivity index (χ4n) is 3.35. The topological polar surface area (TPSA) is 54.0 Å². The number of allylic oxidation sites excluding steroid dienone is 1. The lowest BCUT2D eigenvalue weighted by atomic mass is 9.99. The van der Waals surface area contributed by atoms with Crippen molar-refractivity contribution in [3.8, 4) is 11.3 Å². The molecule has 2 aromatic carbocycles. The van der Waals surface area contributed by atoms with Gasteiger partial charge in [-0.05, 0) is 36.8 Å². The van der Waals surface area contributed by atoms with Gasteiger partial charge in [0.2, 0.25) is 0 Å². The number of para-hydroxylation sites is 1. The number of nitrogens with zero attached hydrogens (tertiary/aromatic N) is 1. The summed E-state index contributed by atoms with van der Waals surface area (Å²) < 4.78 is 0. The molecule has 2 aliphatic rings. The van der Waals surface area contributed by atoms with E-state index in [2.05, 4.69) is 15.6 Å². The molecule has 3 heterocycles. The van der Waals surface area contributed by atoms with E-state index in [0.29, 0.717) is 5.57 Å². The van der Waals surface area contributed by atoms with E-state index in [1.54, 1.807) is 11.3 Å². The minimum Gasteiger partial charge on any atom is -0.354 e. The highest BCUT2D eigenvalue weighted by Crippen LogP contribution is 2.39. The zero-order chi connectivity index (χ0) is 17.7. The standard InChI is InChI=1S/C21H15N3OS/c1-12-22-19(11-26-12)14-7-8-17-15(10-14)20(21(25)24-17)18-9-6-13-4-2-3-5-16(13)23-18/h2-11,23H,1H3,(H,24,25). The van der Waals surface area contributed by atoms with Crippen LogP contribution in [0.3, 0.4) is 0 Å².